The molecule has 0 aliphatic heterocycles. The van der Waals surface area contributed by atoms with Crippen molar-refractivity contribution in [3.8, 4) is 16.9 Å². The summed E-state index contributed by atoms with van der Waals surface area (Å²) in [5, 5.41) is 2.79. The first kappa shape index (κ1) is 17.5. The molecule has 0 heterocycles. The van der Waals surface area contributed by atoms with Crippen molar-refractivity contribution >= 4 is 21.8 Å². The van der Waals surface area contributed by atoms with Crippen molar-refractivity contribution in [3.63, 3.8) is 0 Å². The largest absolute Gasteiger partial charge is 0.483 e. The Kier molecular flexibility index (Phi) is 7.10. The summed E-state index contributed by atoms with van der Waals surface area (Å²) in [6.45, 7) is 1.22. The molecule has 0 aliphatic carbocycles. The Labute approximate surface area is 144 Å². The molecule has 5 heteroatoms. The standard InChI is InChI=1S/C18H20BrNO3/c1-22-11-5-10-20-18(21)13-23-17-9-8-15(12-16(17)19)14-6-3-2-4-7-14/h2-4,6-9,12H,5,10-11,13H2,1H3,(H,20,21). The van der Waals surface area contributed by atoms with Gasteiger partial charge >= 0.3 is 0 Å². The van der Waals surface area contributed by atoms with Gasteiger partial charge in [-0.2, -0.15) is 0 Å². The third kappa shape index (κ3) is 5.69. The molecule has 0 aliphatic rings. The van der Waals surface area contributed by atoms with E-state index < -0.39 is 0 Å². The van der Waals surface area contributed by atoms with E-state index in [0.717, 1.165) is 22.0 Å². The first-order chi connectivity index (χ1) is 11.2. The van der Waals surface area contributed by atoms with Crippen LogP contribution in [0.4, 0.5) is 0 Å². The van der Waals surface area contributed by atoms with Crippen molar-refractivity contribution < 1.29 is 14.3 Å². The number of methoxy groups -OCH3 is 1. The predicted molar refractivity (Wildman–Crippen MR) is 94.6 cm³/mol. The normalized spacial score (nSPS) is 10.3. The smallest absolute Gasteiger partial charge is 0.257 e. The van der Waals surface area contributed by atoms with Crippen LogP contribution in [-0.2, 0) is 9.53 Å². The maximum atomic E-state index is 11.7. The average Bonchev–Trinajstić information content (AvgIpc) is 2.58. The van der Waals surface area contributed by atoms with Gasteiger partial charge in [0.2, 0.25) is 0 Å². The van der Waals surface area contributed by atoms with Gasteiger partial charge in [0, 0.05) is 20.3 Å². The molecule has 0 saturated heterocycles. The van der Waals surface area contributed by atoms with Crippen molar-refractivity contribution in [2.75, 3.05) is 26.9 Å². The molecule has 0 radical (unpaired) electrons. The van der Waals surface area contributed by atoms with Gasteiger partial charge in [0.15, 0.2) is 6.61 Å². The molecular formula is C18H20BrNO3. The van der Waals surface area contributed by atoms with Crippen molar-refractivity contribution in [2.45, 2.75) is 6.42 Å². The molecule has 1 N–H and O–H groups in total. The van der Waals surface area contributed by atoms with Gasteiger partial charge in [0.25, 0.3) is 5.91 Å². The molecule has 0 fully saturated rings. The van der Waals surface area contributed by atoms with Gasteiger partial charge < -0.3 is 14.8 Å². The lowest BCUT2D eigenvalue weighted by Gasteiger charge is -2.10. The molecular weight excluding hydrogens is 358 g/mol. The quantitative estimate of drug-likeness (QED) is 0.714. The lowest BCUT2D eigenvalue weighted by molar-refractivity contribution is -0.123. The van der Waals surface area contributed by atoms with Crippen LogP contribution in [0.25, 0.3) is 11.1 Å². The Morgan fingerprint density at radius 3 is 2.61 bits per heavy atom. The summed E-state index contributed by atoms with van der Waals surface area (Å²) in [5.41, 5.74) is 2.23. The summed E-state index contributed by atoms with van der Waals surface area (Å²) >= 11 is 3.49. The highest BCUT2D eigenvalue weighted by atomic mass is 79.9. The zero-order valence-electron chi connectivity index (χ0n) is 13.0. The number of ether oxygens (including phenoxy) is 2. The molecule has 2 aromatic carbocycles. The number of carbonyl (C=O) groups excluding carboxylic acids is 1. The molecule has 4 nitrogen and oxygen atoms in total. The number of halogens is 1. The minimum atomic E-state index is -0.139. The number of hydrogen-bond acceptors (Lipinski definition) is 3. The van der Waals surface area contributed by atoms with Crippen LogP contribution in [-0.4, -0.2) is 32.8 Å². The summed E-state index contributed by atoms with van der Waals surface area (Å²) in [4.78, 5) is 11.7. The lowest BCUT2D eigenvalue weighted by Crippen LogP contribution is -2.30. The molecule has 23 heavy (non-hydrogen) atoms. The van der Waals surface area contributed by atoms with Crippen molar-refractivity contribution in [1.82, 2.24) is 5.32 Å². The predicted octanol–water partition coefficient (Wildman–Crippen LogP) is 3.65. The highest BCUT2D eigenvalue weighted by Crippen LogP contribution is 2.30. The maximum absolute atomic E-state index is 11.7. The highest BCUT2D eigenvalue weighted by molar-refractivity contribution is 9.10. The lowest BCUT2D eigenvalue weighted by atomic mass is 10.1. The summed E-state index contributed by atoms with van der Waals surface area (Å²) in [7, 11) is 1.64. The summed E-state index contributed by atoms with van der Waals surface area (Å²) in [6.07, 6.45) is 0.789. The summed E-state index contributed by atoms with van der Waals surface area (Å²) in [6, 6.07) is 15.9. The monoisotopic (exact) mass is 377 g/mol. The molecule has 1 amide bonds. The van der Waals surface area contributed by atoms with E-state index in [1.165, 1.54) is 0 Å². The van der Waals surface area contributed by atoms with E-state index in [4.69, 9.17) is 9.47 Å². The van der Waals surface area contributed by atoms with E-state index in [1.54, 1.807) is 7.11 Å². The molecule has 0 bridgehead atoms. The highest BCUT2D eigenvalue weighted by Gasteiger charge is 2.07. The molecule has 0 aromatic heterocycles. The van der Waals surface area contributed by atoms with Crippen LogP contribution >= 0.6 is 15.9 Å². The number of nitrogens with one attached hydrogen (secondary N) is 1. The van der Waals surface area contributed by atoms with E-state index in [0.29, 0.717) is 18.9 Å². The van der Waals surface area contributed by atoms with E-state index in [9.17, 15) is 4.79 Å². The van der Waals surface area contributed by atoms with Crippen molar-refractivity contribution in [2.24, 2.45) is 0 Å². The first-order valence-corrected chi connectivity index (χ1v) is 8.23. The van der Waals surface area contributed by atoms with E-state index in [1.807, 2.05) is 36.4 Å². The van der Waals surface area contributed by atoms with Gasteiger partial charge in [0.1, 0.15) is 5.75 Å². The van der Waals surface area contributed by atoms with Gasteiger partial charge in [-0.25, -0.2) is 0 Å². The van der Waals surface area contributed by atoms with Crippen LogP contribution < -0.4 is 10.1 Å². The van der Waals surface area contributed by atoms with Crippen LogP contribution in [0.1, 0.15) is 6.42 Å². The molecule has 2 aromatic rings. The van der Waals surface area contributed by atoms with Gasteiger partial charge in [-0.05, 0) is 45.6 Å². The second-order valence-corrected chi connectivity index (χ2v) is 5.85. The number of carbonyl (C=O) groups is 1. The molecule has 2 rings (SSSR count). The van der Waals surface area contributed by atoms with Gasteiger partial charge in [-0.15, -0.1) is 0 Å². The van der Waals surface area contributed by atoms with Crippen LogP contribution in [0.3, 0.4) is 0 Å². The Morgan fingerprint density at radius 2 is 1.91 bits per heavy atom. The summed E-state index contributed by atoms with van der Waals surface area (Å²) < 4.78 is 11.3. The van der Waals surface area contributed by atoms with Crippen LogP contribution in [0, 0.1) is 0 Å². The molecule has 0 unspecified atom stereocenters. The molecule has 122 valence electrons. The minimum Gasteiger partial charge on any atom is -0.483 e. The zero-order valence-corrected chi connectivity index (χ0v) is 14.6. The fourth-order valence-corrected chi connectivity index (χ4v) is 2.56. The SMILES string of the molecule is COCCCNC(=O)COc1ccc(-c2ccccc2)cc1Br. The number of hydrogen-bond donors (Lipinski definition) is 1. The van der Waals surface area contributed by atoms with E-state index >= 15 is 0 Å². The third-order valence-electron chi connectivity index (χ3n) is 3.25. The molecule has 0 saturated carbocycles. The second kappa shape index (κ2) is 9.33. The average molecular weight is 378 g/mol. The Balaban J connectivity index is 1.88. The van der Waals surface area contributed by atoms with Crippen molar-refractivity contribution in [1.29, 1.82) is 0 Å². The van der Waals surface area contributed by atoms with E-state index in [-0.39, 0.29) is 12.5 Å². The van der Waals surface area contributed by atoms with Crippen LogP contribution in [0.5, 0.6) is 5.75 Å². The molecule has 0 spiro atoms. The maximum Gasteiger partial charge on any atom is 0.257 e. The minimum absolute atomic E-state index is 0.00370. The fraction of sp³-hybridized carbons (Fsp3) is 0.278. The number of amides is 1. The topological polar surface area (TPSA) is 47.6 Å². The first-order valence-electron chi connectivity index (χ1n) is 7.44. The Hall–Kier alpha value is -1.85. The zero-order chi connectivity index (χ0) is 16.5. The fourth-order valence-electron chi connectivity index (χ4n) is 2.07. The number of benzene rings is 2. The Bertz CT molecular complexity index is 631. The third-order valence-corrected chi connectivity index (χ3v) is 3.86. The van der Waals surface area contributed by atoms with Gasteiger partial charge in [-0.1, -0.05) is 36.4 Å². The van der Waals surface area contributed by atoms with E-state index in [2.05, 4.69) is 33.4 Å². The molecule has 0 atom stereocenters. The van der Waals surface area contributed by atoms with Crippen LogP contribution in [0.2, 0.25) is 0 Å². The Morgan fingerprint density at radius 1 is 1.13 bits per heavy atom. The second-order valence-electron chi connectivity index (χ2n) is 5.00. The number of rotatable bonds is 8. The van der Waals surface area contributed by atoms with Gasteiger partial charge in [0.05, 0.1) is 4.47 Å². The van der Waals surface area contributed by atoms with Crippen LogP contribution in [0.15, 0.2) is 53.0 Å². The van der Waals surface area contributed by atoms with Gasteiger partial charge in [-0.3, -0.25) is 4.79 Å². The summed E-state index contributed by atoms with van der Waals surface area (Å²) in [5.74, 6) is 0.511. The van der Waals surface area contributed by atoms with Crippen molar-refractivity contribution in [3.05, 3.63) is 53.0 Å².